The maximum Gasteiger partial charge on any atom is 0.402 e. The molecule has 2 aliphatic rings. The van der Waals surface area contributed by atoms with Gasteiger partial charge in [-0.05, 0) is 93.7 Å². The van der Waals surface area contributed by atoms with Gasteiger partial charge in [0.15, 0.2) is 0 Å². The Hall–Kier alpha value is -3.06. The van der Waals surface area contributed by atoms with Crippen molar-refractivity contribution in [2.45, 2.75) is 37.0 Å². The second-order valence-electron chi connectivity index (χ2n) is 10.0. The van der Waals surface area contributed by atoms with Gasteiger partial charge >= 0.3 is 12.4 Å². The molecule has 0 heterocycles. The summed E-state index contributed by atoms with van der Waals surface area (Å²) >= 11 is 3.29. The van der Waals surface area contributed by atoms with Gasteiger partial charge in [0.05, 0.1) is 0 Å². The molecule has 0 spiro atoms. The molecule has 188 valence electrons. The standard InChI is InChI=1S/C30H19BrF6/c1-27(29(32,33)34)23-6-4-3-5-19(23)20-10-7-16(13-24(20)27)17-8-11-21-22-12-9-18(31)15-26(22)28(2,25(21)14-17)30(35,36)37/h3-15H,1-2H3. The highest BCUT2D eigenvalue weighted by molar-refractivity contribution is 9.10. The fourth-order valence-corrected chi connectivity index (χ4v) is 6.33. The summed E-state index contributed by atoms with van der Waals surface area (Å²) in [6.45, 7) is 2.33. The van der Waals surface area contributed by atoms with Crippen LogP contribution in [0, 0.1) is 0 Å². The highest BCUT2D eigenvalue weighted by Crippen LogP contribution is 2.59. The highest BCUT2D eigenvalue weighted by atomic mass is 79.9. The predicted molar refractivity (Wildman–Crippen MR) is 135 cm³/mol. The maximum absolute atomic E-state index is 14.6. The molecule has 0 bridgehead atoms. The predicted octanol–water partition coefficient (Wildman–Crippen LogP) is 9.81. The van der Waals surface area contributed by atoms with Gasteiger partial charge in [0.2, 0.25) is 0 Å². The van der Waals surface area contributed by atoms with E-state index >= 15 is 0 Å². The molecule has 0 aliphatic heterocycles. The lowest BCUT2D eigenvalue weighted by Crippen LogP contribution is -2.39. The van der Waals surface area contributed by atoms with E-state index in [0.29, 0.717) is 37.9 Å². The second-order valence-corrected chi connectivity index (χ2v) is 10.9. The van der Waals surface area contributed by atoms with Crippen LogP contribution in [0.5, 0.6) is 0 Å². The molecule has 0 amide bonds. The lowest BCUT2D eigenvalue weighted by Gasteiger charge is -2.31. The summed E-state index contributed by atoms with van der Waals surface area (Å²) in [5.74, 6) is 0. The second kappa shape index (κ2) is 7.50. The molecule has 0 saturated heterocycles. The summed E-state index contributed by atoms with van der Waals surface area (Å²) in [6, 6.07) is 20.9. The fraction of sp³-hybridized carbons (Fsp3) is 0.200. The molecule has 7 heteroatoms. The van der Waals surface area contributed by atoms with Crippen LogP contribution in [0.15, 0.2) is 83.3 Å². The third-order valence-corrected chi connectivity index (χ3v) is 8.64. The third-order valence-electron chi connectivity index (χ3n) is 8.15. The Balaban J connectivity index is 1.56. The van der Waals surface area contributed by atoms with Crippen LogP contribution in [0.1, 0.15) is 36.1 Å². The van der Waals surface area contributed by atoms with Gasteiger partial charge in [-0.15, -0.1) is 0 Å². The van der Waals surface area contributed by atoms with Crippen LogP contribution in [-0.2, 0) is 10.8 Å². The molecular weight excluding hydrogens is 554 g/mol. The first kappa shape index (κ1) is 24.3. The van der Waals surface area contributed by atoms with Crippen molar-refractivity contribution >= 4 is 15.9 Å². The molecule has 2 aliphatic carbocycles. The van der Waals surface area contributed by atoms with Gasteiger partial charge in [0.25, 0.3) is 0 Å². The van der Waals surface area contributed by atoms with Gasteiger partial charge in [0, 0.05) is 4.47 Å². The fourth-order valence-electron chi connectivity index (χ4n) is 5.96. The van der Waals surface area contributed by atoms with E-state index in [1.165, 1.54) is 31.2 Å². The van der Waals surface area contributed by atoms with Crippen molar-refractivity contribution < 1.29 is 26.3 Å². The van der Waals surface area contributed by atoms with Gasteiger partial charge in [-0.25, -0.2) is 0 Å². The van der Waals surface area contributed by atoms with E-state index in [1.54, 1.807) is 54.6 Å². The number of hydrogen-bond acceptors (Lipinski definition) is 0. The molecule has 4 aromatic carbocycles. The summed E-state index contributed by atoms with van der Waals surface area (Å²) in [7, 11) is 0. The Bertz CT molecular complexity index is 1600. The Morgan fingerprint density at radius 3 is 1.43 bits per heavy atom. The molecule has 0 nitrogen and oxygen atoms in total. The Morgan fingerprint density at radius 2 is 0.919 bits per heavy atom. The minimum absolute atomic E-state index is 0.0907. The van der Waals surface area contributed by atoms with E-state index in [4.69, 9.17) is 0 Å². The zero-order valence-corrected chi connectivity index (χ0v) is 21.2. The maximum atomic E-state index is 14.6. The van der Waals surface area contributed by atoms with Gasteiger partial charge in [-0.1, -0.05) is 70.5 Å². The van der Waals surface area contributed by atoms with Crippen LogP contribution in [0.3, 0.4) is 0 Å². The zero-order chi connectivity index (χ0) is 26.5. The topological polar surface area (TPSA) is 0 Å². The normalized spacial score (nSPS) is 21.9. The molecule has 0 N–H and O–H groups in total. The largest absolute Gasteiger partial charge is 0.402 e. The van der Waals surface area contributed by atoms with Gasteiger partial charge in [-0.2, -0.15) is 26.3 Å². The zero-order valence-electron chi connectivity index (χ0n) is 19.7. The molecule has 0 fully saturated rings. The number of fused-ring (bicyclic) bond motifs is 6. The first-order valence-electron chi connectivity index (χ1n) is 11.6. The Labute approximate surface area is 218 Å². The summed E-state index contributed by atoms with van der Waals surface area (Å²) in [5.41, 5.74) is -1.13. The number of alkyl halides is 6. The van der Waals surface area contributed by atoms with Crippen LogP contribution < -0.4 is 0 Å². The molecule has 0 saturated carbocycles. The lowest BCUT2D eigenvalue weighted by molar-refractivity contribution is -0.172. The number of halogens is 7. The molecule has 37 heavy (non-hydrogen) atoms. The van der Waals surface area contributed by atoms with Crippen molar-refractivity contribution in [3.63, 3.8) is 0 Å². The average Bonchev–Trinajstić information content (AvgIpc) is 3.26. The number of benzene rings is 4. The van der Waals surface area contributed by atoms with Crippen molar-refractivity contribution in [3.05, 3.63) is 106 Å². The number of rotatable bonds is 1. The van der Waals surface area contributed by atoms with Gasteiger partial charge < -0.3 is 0 Å². The van der Waals surface area contributed by atoms with Gasteiger partial charge in [-0.3, -0.25) is 0 Å². The molecule has 0 aromatic heterocycles. The molecule has 6 rings (SSSR count). The van der Waals surface area contributed by atoms with Gasteiger partial charge in [0.1, 0.15) is 10.8 Å². The Morgan fingerprint density at radius 1 is 0.514 bits per heavy atom. The van der Waals surface area contributed by atoms with Crippen LogP contribution >= 0.6 is 15.9 Å². The van der Waals surface area contributed by atoms with E-state index in [9.17, 15) is 26.3 Å². The monoisotopic (exact) mass is 572 g/mol. The quantitative estimate of drug-likeness (QED) is 0.199. The molecule has 4 aromatic rings. The van der Waals surface area contributed by atoms with Crippen molar-refractivity contribution in [2.75, 3.05) is 0 Å². The minimum Gasteiger partial charge on any atom is -0.170 e. The highest BCUT2D eigenvalue weighted by Gasteiger charge is 2.59. The van der Waals surface area contributed by atoms with Crippen molar-refractivity contribution in [2.24, 2.45) is 0 Å². The molecular formula is C30H19BrF6. The van der Waals surface area contributed by atoms with E-state index in [0.717, 1.165) is 6.92 Å². The van der Waals surface area contributed by atoms with E-state index in [2.05, 4.69) is 15.9 Å². The minimum atomic E-state index is -4.58. The van der Waals surface area contributed by atoms with E-state index < -0.39 is 23.2 Å². The summed E-state index contributed by atoms with van der Waals surface area (Å²) in [6.07, 6.45) is -9.14. The SMILES string of the molecule is CC1(C(F)(F)F)c2ccccc2-c2ccc(-c3ccc4c(c3)C(C)(C(F)(F)F)c3cc(Br)ccc3-4)cc21. The van der Waals surface area contributed by atoms with Crippen LogP contribution in [0.2, 0.25) is 0 Å². The van der Waals surface area contributed by atoms with E-state index in [-0.39, 0.29) is 22.3 Å². The van der Waals surface area contributed by atoms with E-state index in [1.807, 2.05) is 0 Å². The Kier molecular flexibility index (Phi) is 4.92. The lowest BCUT2D eigenvalue weighted by atomic mass is 9.77. The summed E-state index contributed by atoms with van der Waals surface area (Å²) in [4.78, 5) is 0. The molecule has 2 unspecified atom stereocenters. The summed E-state index contributed by atoms with van der Waals surface area (Å²) in [5, 5.41) is 0. The van der Waals surface area contributed by atoms with Crippen LogP contribution in [-0.4, -0.2) is 12.4 Å². The summed E-state index contributed by atoms with van der Waals surface area (Å²) < 4.78 is 87.8. The van der Waals surface area contributed by atoms with Crippen LogP contribution in [0.25, 0.3) is 33.4 Å². The average molecular weight is 573 g/mol. The number of hydrogen-bond donors (Lipinski definition) is 0. The first-order chi connectivity index (χ1) is 17.3. The molecule has 2 atom stereocenters. The smallest absolute Gasteiger partial charge is 0.170 e. The van der Waals surface area contributed by atoms with Crippen LogP contribution in [0.4, 0.5) is 26.3 Å². The van der Waals surface area contributed by atoms with Crippen molar-refractivity contribution in [3.8, 4) is 33.4 Å². The van der Waals surface area contributed by atoms with Crippen molar-refractivity contribution in [1.29, 1.82) is 0 Å². The molecule has 0 radical (unpaired) electrons. The third kappa shape index (κ3) is 3.09. The first-order valence-corrected chi connectivity index (χ1v) is 12.4. The van der Waals surface area contributed by atoms with Crippen molar-refractivity contribution in [1.82, 2.24) is 0 Å².